The molecule has 3 unspecified atom stereocenters. The first kappa shape index (κ1) is 20.5. The molecule has 0 radical (unpaired) electrons. The molecule has 132 valence electrons. The van der Waals surface area contributed by atoms with Crippen molar-refractivity contribution in [1.82, 2.24) is 0 Å². The molecule has 1 fully saturated rings. The zero-order valence-corrected chi connectivity index (χ0v) is 15.6. The third kappa shape index (κ3) is 7.35. The van der Waals surface area contributed by atoms with Crippen LogP contribution in [0.3, 0.4) is 0 Å². The number of rotatable bonds is 8. The van der Waals surface area contributed by atoms with E-state index in [0.29, 0.717) is 5.21 Å². The van der Waals surface area contributed by atoms with Crippen LogP contribution in [0.4, 0.5) is 0 Å². The fourth-order valence-electron chi connectivity index (χ4n) is 1.85. The van der Waals surface area contributed by atoms with Crippen LogP contribution in [-0.4, -0.2) is 84.1 Å². The van der Waals surface area contributed by atoms with Crippen molar-refractivity contribution in [1.29, 1.82) is 0 Å². The van der Waals surface area contributed by atoms with Gasteiger partial charge in [-0.05, 0) is 0 Å². The Morgan fingerprint density at radius 2 is 1.86 bits per heavy atom. The predicted molar refractivity (Wildman–Crippen MR) is 80.0 cm³/mol. The molecule has 0 aliphatic carbocycles. The molecule has 0 bridgehead atoms. The first-order chi connectivity index (χ1) is 9.89. The van der Waals surface area contributed by atoms with Crippen LogP contribution in [0.2, 0.25) is 16.6 Å². The van der Waals surface area contributed by atoms with Crippen molar-refractivity contribution in [2.24, 2.45) is 0 Å². The summed E-state index contributed by atoms with van der Waals surface area (Å²) >= 11 is -2.27. The standard InChI is InChI=1S/C10H21AsO9S2/c1-11(2,21)3-7-8(13)9(14)10(20-7)18-4-6(12)5-19-22(15,16)17/h6-10,12-14H,3-5H2,1-2H3,(H,15,16,17)/t6?,7?,8-,9-,10?/m1/s1. The maximum absolute atomic E-state index is 10.3. The quantitative estimate of drug-likeness (QED) is 0.284. The van der Waals surface area contributed by atoms with Gasteiger partial charge < -0.3 is 0 Å². The molecule has 1 rings (SSSR count). The van der Waals surface area contributed by atoms with Crippen LogP contribution in [-0.2, 0) is 24.1 Å². The second kappa shape index (κ2) is 8.02. The molecule has 5 atom stereocenters. The number of aliphatic hydroxyl groups excluding tert-OH is 3. The minimum absolute atomic E-state index is 0.409. The normalized spacial score (nSPS) is 31.4. The van der Waals surface area contributed by atoms with Gasteiger partial charge in [0.1, 0.15) is 0 Å². The van der Waals surface area contributed by atoms with Gasteiger partial charge in [0.15, 0.2) is 0 Å². The molecular weight excluding hydrogens is 403 g/mol. The SMILES string of the molecule is C[As](C)(=S)CC1OC(OCC(O)COS(=O)(=O)O)[C@H](O)[C@@H]1O. The second-order valence-corrected chi connectivity index (χ2v) is 19.1. The van der Waals surface area contributed by atoms with Gasteiger partial charge >= 0.3 is 135 Å². The predicted octanol–water partition coefficient (Wildman–Crippen LogP) is -0.967. The average Bonchev–Trinajstić information content (AvgIpc) is 2.59. The fraction of sp³-hybridized carbons (Fsp3) is 1.00. The molecule has 12 heteroatoms. The summed E-state index contributed by atoms with van der Waals surface area (Å²) in [7, 11) is 0.701. The van der Waals surface area contributed by atoms with Gasteiger partial charge in [-0.3, -0.25) is 0 Å². The average molecular weight is 424 g/mol. The topological polar surface area (TPSA) is 143 Å². The summed E-state index contributed by atoms with van der Waals surface area (Å²) in [5.41, 5.74) is 3.89. The number of aliphatic hydroxyl groups is 3. The van der Waals surface area contributed by atoms with Crippen molar-refractivity contribution in [2.75, 3.05) is 13.2 Å². The monoisotopic (exact) mass is 424 g/mol. The van der Waals surface area contributed by atoms with Crippen molar-refractivity contribution < 1.29 is 41.9 Å². The summed E-state index contributed by atoms with van der Waals surface area (Å²) < 4.78 is 43.5. The molecule has 0 aromatic rings. The molecule has 1 saturated heterocycles. The van der Waals surface area contributed by atoms with E-state index in [9.17, 15) is 23.7 Å². The third-order valence-corrected chi connectivity index (χ3v) is 6.61. The third-order valence-electron chi connectivity index (χ3n) is 2.80. The first-order valence-corrected chi connectivity index (χ1v) is 15.5. The zero-order valence-electron chi connectivity index (χ0n) is 12.1. The summed E-state index contributed by atoms with van der Waals surface area (Å²) in [5.74, 6) is 0. The molecule has 4 N–H and O–H groups in total. The zero-order chi connectivity index (χ0) is 17.1. The fourth-order valence-corrected chi connectivity index (χ4v) is 5.40. The van der Waals surface area contributed by atoms with Crippen LogP contribution in [0, 0.1) is 0 Å². The Morgan fingerprint density at radius 3 is 2.36 bits per heavy atom. The van der Waals surface area contributed by atoms with Crippen molar-refractivity contribution in [3.63, 3.8) is 0 Å². The number of ether oxygens (including phenoxy) is 2. The first-order valence-electron chi connectivity index (χ1n) is 6.36. The Bertz CT molecular complexity index is 505. The summed E-state index contributed by atoms with van der Waals surface area (Å²) in [6, 6.07) is 0. The Labute approximate surface area is 135 Å². The van der Waals surface area contributed by atoms with E-state index in [1.165, 1.54) is 0 Å². The van der Waals surface area contributed by atoms with E-state index in [0.717, 1.165) is 0 Å². The van der Waals surface area contributed by atoms with Crippen molar-refractivity contribution in [3.05, 3.63) is 0 Å². The Balaban J connectivity index is 2.45. The van der Waals surface area contributed by atoms with Gasteiger partial charge in [0.2, 0.25) is 0 Å². The summed E-state index contributed by atoms with van der Waals surface area (Å²) in [5, 5.41) is 29.7. The Hall–Kier alpha value is 0.448. The minimum atomic E-state index is -4.65. The molecule has 1 aliphatic rings. The van der Waals surface area contributed by atoms with Crippen molar-refractivity contribution >= 4 is 32.7 Å². The van der Waals surface area contributed by atoms with Gasteiger partial charge in [-0.2, -0.15) is 0 Å². The van der Waals surface area contributed by atoms with Crippen LogP contribution < -0.4 is 0 Å². The number of hydrogen-bond acceptors (Lipinski definition) is 9. The molecular formula is C10H21AsO9S2. The second-order valence-electron chi connectivity index (χ2n) is 5.48. The molecule has 0 spiro atoms. The molecule has 22 heavy (non-hydrogen) atoms. The van der Waals surface area contributed by atoms with Crippen LogP contribution in [0.15, 0.2) is 0 Å². The van der Waals surface area contributed by atoms with Crippen LogP contribution in [0.1, 0.15) is 0 Å². The molecule has 0 aromatic carbocycles. The van der Waals surface area contributed by atoms with E-state index in [-0.39, 0.29) is 0 Å². The maximum atomic E-state index is 10.3. The van der Waals surface area contributed by atoms with Gasteiger partial charge in [-0.15, -0.1) is 0 Å². The van der Waals surface area contributed by atoms with E-state index in [4.69, 9.17) is 24.4 Å². The summed E-state index contributed by atoms with van der Waals surface area (Å²) in [4.78, 5) is 0. The molecule has 0 saturated carbocycles. The van der Waals surface area contributed by atoms with E-state index in [1.807, 2.05) is 11.4 Å². The molecule has 1 heterocycles. The van der Waals surface area contributed by atoms with Gasteiger partial charge in [0, 0.05) is 0 Å². The molecule has 0 amide bonds. The summed E-state index contributed by atoms with van der Waals surface area (Å²) in [6.45, 7) is -1.12. The number of hydrogen-bond donors (Lipinski definition) is 4. The van der Waals surface area contributed by atoms with Crippen LogP contribution in [0.5, 0.6) is 0 Å². The van der Waals surface area contributed by atoms with Crippen molar-refractivity contribution in [3.8, 4) is 0 Å². The summed E-state index contributed by atoms with van der Waals surface area (Å²) in [6.07, 6.45) is -5.58. The van der Waals surface area contributed by atoms with Gasteiger partial charge in [0.25, 0.3) is 0 Å². The van der Waals surface area contributed by atoms with E-state index < -0.39 is 66.2 Å². The van der Waals surface area contributed by atoms with E-state index >= 15 is 0 Å². The molecule has 0 aromatic heterocycles. The van der Waals surface area contributed by atoms with E-state index in [1.54, 1.807) is 0 Å². The Morgan fingerprint density at radius 1 is 1.27 bits per heavy atom. The van der Waals surface area contributed by atoms with Crippen LogP contribution >= 0.6 is 10.4 Å². The van der Waals surface area contributed by atoms with Crippen molar-refractivity contribution in [2.45, 2.75) is 47.3 Å². The van der Waals surface area contributed by atoms with Gasteiger partial charge in [-0.1, -0.05) is 0 Å². The molecule has 1 aliphatic heterocycles. The van der Waals surface area contributed by atoms with E-state index in [2.05, 4.69) is 4.18 Å². The van der Waals surface area contributed by atoms with Gasteiger partial charge in [-0.25, -0.2) is 0 Å². The van der Waals surface area contributed by atoms with Crippen LogP contribution in [0.25, 0.3) is 0 Å². The molecule has 9 nitrogen and oxygen atoms in total. The Kier molecular flexibility index (Phi) is 7.47. The van der Waals surface area contributed by atoms with Gasteiger partial charge in [0.05, 0.1) is 0 Å².